The lowest BCUT2D eigenvalue weighted by molar-refractivity contribution is -0.137. The Hall–Kier alpha value is -2.35. The second kappa shape index (κ2) is 6.64. The Morgan fingerprint density at radius 3 is 2.42 bits per heavy atom. The van der Waals surface area contributed by atoms with Crippen molar-refractivity contribution < 1.29 is 22.0 Å². The van der Waals surface area contributed by atoms with Crippen LogP contribution in [0.1, 0.15) is 11.1 Å². The van der Waals surface area contributed by atoms with E-state index in [1.807, 2.05) is 0 Å². The molecule has 8 heteroatoms. The zero-order valence-corrected chi connectivity index (χ0v) is 12.9. The number of benzene rings is 2. The maximum Gasteiger partial charge on any atom is 0.416 e. The molecule has 1 heterocycles. The molecule has 0 aliphatic rings. The standard InChI is InChI=1S/C16H10F4N2OS/c17-13-3-1-2-10(8-13)9-24-15-22-21-14(23-15)11-4-6-12(7-5-11)16(18,19)20/h1-8H,9H2. The van der Waals surface area contributed by atoms with E-state index in [4.69, 9.17) is 4.42 Å². The molecule has 24 heavy (non-hydrogen) atoms. The van der Waals surface area contributed by atoms with Gasteiger partial charge in [-0.25, -0.2) is 4.39 Å². The van der Waals surface area contributed by atoms with E-state index < -0.39 is 11.7 Å². The third kappa shape index (κ3) is 3.94. The van der Waals surface area contributed by atoms with Gasteiger partial charge in [-0.2, -0.15) is 13.2 Å². The van der Waals surface area contributed by atoms with Crippen molar-refractivity contribution in [3.63, 3.8) is 0 Å². The van der Waals surface area contributed by atoms with E-state index in [0.717, 1.165) is 17.7 Å². The van der Waals surface area contributed by atoms with Crippen LogP contribution in [0.2, 0.25) is 0 Å². The molecule has 0 fully saturated rings. The van der Waals surface area contributed by atoms with Gasteiger partial charge in [0, 0.05) is 11.3 Å². The summed E-state index contributed by atoms with van der Waals surface area (Å²) >= 11 is 1.22. The lowest BCUT2D eigenvalue weighted by atomic mass is 10.1. The maximum atomic E-state index is 13.1. The van der Waals surface area contributed by atoms with Gasteiger partial charge < -0.3 is 4.42 Å². The second-order valence-electron chi connectivity index (χ2n) is 4.87. The highest BCUT2D eigenvalue weighted by Crippen LogP contribution is 2.31. The Labute approximate surface area is 138 Å². The Kier molecular flexibility index (Phi) is 4.57. The van der Waals surface area contributed by atoms with Gasteiger partial charge in [0.15, 0.2) is 0 Å². The van der Waals surface area contributed by atoms with Crippen molar-refractivity contribution in [2.24, 2.45) is 0 Å². The van der Waals surface area contributed by atoms with Crippen LogP contribution in [0.5, 0.6) is 0 Å². The molecule has 0 saturated heterocycles. The van der Waals surface area contributed by atoms with Crippen LogP contribution in [-0.2, 0) is 11.9 Å². The monoisotopic (exact) mass is 354 g/mol. The maximum absolute atomic E-state index is 13.1. The first-order valence-corrected chi connectivity index (χ1v) is 7.79. The minimum Gasteiger partial charge on any atom is -0.411 e. The minimum atomic E-state index is -4.39. The lowest BCUT2D eigenvalue weighted by Crippen LogP contribution is -2.03. The number of hydrogen-bond donors (Lipinski definition) is 0. The Bertz CT molecular complexity index is 831. The van der Waals surface area contributed by atoms with Crippen LogP contribution in [0.25, 0.3) is 11.5 Å². The fourth-order valence-electron chi connectivity index (χ4n) is 1.96. The third-order valence-corrected chi connectivity index (χ3v) is 4.01. The molecule has 3 aromatic rings. The van der Waals surface area contributed by atoms with Gasteiger partial charge in [-0.3, -0.25) is 0 Å². The zero-order chi connectivity index (χ0) is 17.2. The summed E-state index contributed by atoms with van der Waals surface area (Å²) in [4.78, 5) is 0. The molecule has 0 radical (unpaired) electrons. The Balaban J connectivity index is 1.69. The number of alkyl halides is 3. The molecule has 124 valence electrons. The van der Waals surface area contributed by atoms with Crippen LogP contribution in [0.3, 0.4) is 0 Å². The fourth-order valence-corrected chi connectivity index (χ4v) is 2.66. The van der Waals surface area contributed by atoms with E-state index in [2.05, 4.69) is 10.2 Å². The molecule has 0 atom stereocenters. The van der Waals surface area contributed by atoms with E-state index in [1.165, 1.54) is 36.0 Å². The van der Waals surface area contributed by atoms with Gasteiger partial charge in [-0.15, -0.1) is 10.2 Å². The smallest absolute Gasteiger partial charge is 0.411 e. The van der Waals surface area contributed by atoms with Crippen molar-refractivity contribution in [2.45, 2.75) is 17.2 Å². The topological polar surface area (TPSA) is 38.9 Å². The zero-order valence-electron chi connectivity index (χ0n) is 12.0. The van der Waals surface area contributed by atoms with Crippen LogP contribution in [-0.4, -0.2) is 10.2 Å². The average Bonchev–Trinajstić information content (AvgIpc) is 3.01. The molecule has 2 aromatic carbocycles. The molecule has 1 aromatic heterocycles. The molecular formula is C16H10F4N2OS. The largest absolute Gasteiger partial charge is 0.416 e. The number of nitrogens with zero attached hydrogens (tertiary/aromatic N) is 2. The van der Waals surface area contributed by atoms with Crippen molar-refractivity contribution in [3.05, 3.63) is 65.5 Å². The summed E-state index contributed by atoms with van der Waals surface area (Å²) < 4.78 is 56.1. The van der Waals surface area contributed by atoms with Gasteiger partial charge in [0.1, 0.15) is 5.82 Å². The van der Waals surface area contributed by atoms with Crippen LogP contribution < -0.4 is 0 Å². The van der Waals surface area contributed by atoms with Gasteiger partial charge >= 0.3 is 6.18 Å². The van der Waals surface area contributed by atoms with Crippen LogP contribution in [0.4, 0.5) is 17.6 Å². The van der Waals surface area contributed by atoms with E-state index in [0.29, 0.717) is 11.3 Å². The Morgan fingerprint density at radius 2 is 1.75 bits per heavy atom. The summed E-state index contributed by atoms with van der Waals surface area (Å²) in [6.45, 7) is 0. The molecule has 0 aliphatic carbocycles. The van der Waals surface area contributed by atoms with Crippen molar-refractivity contribution in [1.29, 1.82) is 0 Å². The summed E-state index contributed by atoms with van der Waals surface area (Å²) in [6.07, 6.45) is -4.39. The minimum absolute atomic E-state index is 0.130. The fraction of sp³-hybridized carbons (Fsp3) is 0.125. The molecule has 0 aliphatic heterocycles. The molecule has 3 rings (SSSR count). The highest BCUT2D eigenvalue weighted by molar-refractivity contribution is 7.98. The van der Waals surface area contributed by atoms with Gasteiger partial charge in [-0.1, -0.05) is 23.9 Å². The highest BCUT2D eigenvalue weighted by atomic mass is 32.2. The van der Waals surface area contributed by atoms with Crippen molar-refractivity contribution >= 4 is 11.8 Å². The van der Waals surface area contributed by atoms with Gasteiger partial charge in [0.25, 0.3) is 5.22 Å². The quantitative estimate of drug-likeness (QED) is 0.478. The van der Waals surface area contributed by atoms with Crippen LogP contribution in [0, 0.1) is 5.82 Å². The number of halogens is 4. The molecule has 3 nitrogen and oxygen atoms in total. The molecular weight excluding hydrogens is 344 g/mol. The first-order valence-electron chi connectivity index (χ1n) is 6.80. The number of hydrogen-bond acceptors (Lipinski definition) is 4. The van der Waals surface area contributed by atoms with E-state index in [9.17, 15) is 17.6 Å². The third-order valence-electron chi connectivity index (χ3n) is 3.12. The SMILES string of the molecule is Fc1cccc(CSc2nnc(-c3ccc(C(F)(F)F)cc3)o2)c1. The molecule has 0 amide bonds. The molecule has 0 N–H and O–H groups in total. The van der Waals surface area contributed by atoms with Crippen LogP contribution in [0.15, 0.2) is 58.2 Å². The predicted molar refractivity (Wildman–Crippen MR) is 80.7 cm³/mol. The summed E-state index contributed by atoms with van der Waals surface area (Å²) in [6, 6.07) is 10.6. The first-order chi connectivity index (χ1) is 11.4. The van der Waals surface area contributed by atoms with Gasteiger partial charge in [0.2, 0.25) is 5.89 Å². The first kappa shape index (κ1) is 16.5. The van der Waals surface area contributed by atoms with E-state index >= 15 is 0 Å². The molecule has 0 saturated carbocycles. The number of aromatic nitrogens is 2. The summed E-state index contributed by atoms with van der Waals surface area (Å²) in [5, 5.41) is 7.91. The normalized spacial score (nSPS) is 11.7. The number of rotatable bonds is 4. The summed E-state index contributed by atoms with van der Waals surface area (Å²) in [5.74, 6) is 0.237. The van der Waals surface area contributed by atoms with Gasteiger partial charge in [0.05, 0.1) is 5.56 Å². The lowest BCUT2D eigenvalue weighted by Gasteiger charge is -2.05. The molecule has 0 unspecified atom stereocenters. The van der Waals surface area contributed by atoms with E-state index in [1.54, 1.807) is 12.1 Å². The Morgan fingerprint density at radius 1 is 1.00 bits per heavy atom. The number of thioether (sulfide) groups is 1. The van der Waals surface area contributed by atoms with Crippen molar-refractivity contribution in [1.82, 2.24) is 10.2 Å². The predicted octanol–water partition coefficient (Wildman–Crippen LogP) is 5.19. The van der Waals surface area contributed by atoms with Crippen molar-refractivity contribution in [3.8, 4) is 11.5 Å². The summed E-state index contributed by atoms with van der Waals surface area (Å²) in [7, 11) is 0. The highest BCUT2D eigenvalue weighted by Gasteiger charge is 2.30. The second-order valence-corrected chi connectivity index (χ2v) is 5.79. The molecule has 0 bridgehead atoms. The van der Waals surface area contributed by atoms with Gasteiger partial charge in [-0.05, 0) is 42.0 Å². The molecule has 0 spiro atoms. The van der Waals surface area contributed by atoms with E-state index in [-0.39, 0.29) is 16.9 Å². The summed E-state index contributed by atoms with van der Waals surface area (Å²) in [5.41, 5.74) is 0.411. The van der Waals surface area contributed by atoms with Crippen LogP contribution >= 0.6 is 11.8 Å². The average molecular weight is 354 g/mol. The van der Waals surface area contributed by atoms with Crippen molar-refractivity contribution in [2.75, 3.05) is 0 Å².